The highest BCUT2D eigenvalue weighted by Gasteiger charge is 2.24. The normalized spacial score (nSPS) is 14.6. The summed E-state index contributed by atoms with van der Waals surface area (Å²) in [6.07, 6.45) is 2.29. The Morgan fingerprint density at radius 3 is 2.90 bits per heavy atom. The molecule has 1 fully saturated rings. The fraction of sp³-hybridized carbons (Fsp3) is 0.385. The molecule has 20 heavy (non-hydrogen) atoms. The minimum atomic E-state index is -0.483. The van der Waals surface area contributed by atoms with E-state index in [-0.39, 0.29) is 23.3 Å². The molecule has 0 saturated heterocycles. The quantitative estimate of drug-likeness (QED) is 0.918. The van der Waals surface area contributed by atoms with Crippen LogP contribution in [0.5, 0.6) is 5.75 Å². The Morgan fingerprint density at radius 2 is 2.25 bits per heavy atom. The Bertz CT molecular complexity index is 628. The maximum absolute atomic E-state index is 13.5. The number of nitrogens with two attached hydrogens (primary N) is 1. The van der Waals surface area contributed by atoms with Crippen LogP contribution in [0.3, 0.4) is 0 Å². The second kappa shape index (κ2) is 5.38. The van der Waals surface area contributed by atoms with Crippen LogP contribution in [-0.4, -0.2) is 16.7 Å². The number of halogens is 2. The number of aromatic nitrogens is 2. The molecule has 3 rings (SSSR count). The zero-order valence-electron chi connectivity index (χ0n) is 10.6. The van der Waals surface area contributed by atoms with Crippen LogP contribution in [0.4, 0.5) is 4.39 Å². The summed E-state index contributed by atoms with van der Waals surface area (Å²) in [7, 11) is 0. The van der Waals surface area contributed by atoms with E-state index in [9.17, 15) is 4.39 Å². The van der Waals surface area contributed by atoms with Gasteiger partial charge in [-0.2, -0.15) is 4.98 Å². The maximum Gasteiger partial charge on any atom is 0.240 e. The van der Waals surface area contributed by atoms with Gasteiger partial charge in [0, 0.05) is 0 Å². The maximum atomic E-state index is 13.5. The molecule has 1 aliphatic rings. The molecule has 0 bridgehead atoms. The average Bonchev–Trinajstić information content (AvgIpc) is 3.12. The molecule has 1 aromatic heterocycles. The molecule has 1 aromatic carbocycles. The SMILES string of the molecule is NCc1nc(-c2cc(F)cc(Cl)c2OCC2CC2)no1. The van der Waals surface area contributed by atoms with Crippen molar-refractivity contribution in [3.05, 3.63) is 28.9 Å². The van der Waals surface area contributed by atoms with E-state index in [4.69, 9.17) is 26.6 Å². The van der Waals surface area contributed by atoms with Crippen LogP contribution in [0.15, 0.2) is 16.7 Å². The van der Waals surface area contributed by atoms with Crippen molar-refractivity contribution in [2.45, 2.75) is 19.4 Å². The summed E-state index contributed by atoms with van der Waals surface area (Å²) in [5.74, 6) is 0.937. The Morgan fingerprint density at radius 1 is 1.45 bits per heavy atom. The van der Waals surface area contributed by atoms with Gasteiger partial charge < -0.3 is 15.0 Å². The lowest BCUT2D eigenvalue weighted by atomic mass is 10.2. The first-order valence-corrected chi connectivity index (χ1v) is 6.70. The Hall–Kier alpha value is -1.66. The predicted molar refractivity (Wildman–Crippen MR) is 70.8 cm³/mol. The Kier molecular flexibility index (Phi) is 3.58. The van der Waals surface area contributed by atoms with Crippen LogP contribution in [0.2, 0.25) is 5.02 Å². The van der Waals surface area contributed by atoms with Crippen molar-refractivity contribution in [1.82, 2.24) is 10.1 Å². The van der Waals surface area contributed by atoms with Crippen LogP contribution in [0.25, 0.3) is 11.4 Å². The molecule has 1 saturated carbocycles. The Labute approximate surface area is 119 Å². The topological polar surface area (TPSA) is 74.2 Å². The second-order valence-corrected chi connectivity index (χ2v) is 5.14. The van der Waals surface area contributed by atoms with Gasteiger partial charge in [-0.3, -0.25) is 0 Å². The van der Waals surface area contributed by atoms with Crippen molar-refractivity contribution in [3.8, 4) is 17.1 Å². The van der Waals surface area contributed by atoms with Gasteiger partial charge in [-0.15, -0.1) is 0 Å². The zero-order valence-corrected chi connectivity index (χ0v) is 11.4. The fourth-order valence-corrected chi connectivity index (χ4v) is 2.07. The van der Waals surface area contributed by atoms with Crippen molar-refractivity contribution in [3.63, 3.8) is 0 Å². The van der Waals surface area contributed by atoms with E-state index in [1.165, 1.54) is 12.1 Å². The fourth-order valence-electron chi connectivity index (χ4n) is 1.81. The average molecular weight is 298 g/mol. The first-order valence-electron chi connectivity index (χ1n) is 6.32. The highest BCUT2D eigenvalue weighted by atomic mass is 35.5. The third kappa shape index (κ3) is 2.76. The van der Waals surface area contributed by atoms with Crippen molar-refractivity contribution in [2.75, 3.05) is 6.61 Å². The molecule has 2 N–H and O–H groups in total. The Balaban J connectivity index is 1.97. The van der Waals surface area contributed by atoms with Crippen LogP contribution < -0.4 is 10.5 Å². The minimum absolute atomic E-state index is 0.119. The summed E-state index contributed by atoms with van der Waals surface area (Å²) in [6, 6.07) is 2.48. The van der Waals surface area contributed by atoms with Gasteiger partial charge >= 0.3 is 0 Å². The number of benzene rings is 1. The molecule has 106 valence electrons. The van der Waals surface area contributed by atoms with E-state index in [0.717, 1.165) is 12.8 Å². The van der Waals surface area contributed by atoms with E-state index in [1.807, 2.05) is 0 Å². The van der Waals surface area contributed by atoms with Gasteiger partial charge in [0.15, 0.2) is 0 Å². The molecular formula is C13H13ClFN3O2. The molecular weight excluding hydrogens is 285 g/mol. The van der Waals surface area contributed by atoms with Gasteiger partial charge in [0.2, 0.25) is 11.7 Å². The van der Waals surface area contributed by atoms with Crippen LogP contribution in [0, 0.1) is 11.7 Å². The highest BCUT2D eigenvalue weighted by molar-refractivity contribution is 6.32. The molecule has 0 radical (unpaired) electrons. The molecule has 1 aliphatic carbocycles. The van der Waals surface area contributed by atoms with E-state index in [1.54, 1.807) is 0 Å². The van der Waals surface area contributed by atoms with Crippen LogP contribution in [0.1, 0.15) is 18.7 Å². The predicted octanol–water partition coefficient (Wildman–Crippen LogP) is 2.78. The van der Waals surface area contributed by atoms with E-state index in [2.05, 4.69) is 10.1 Å². The summed E-state index contributed by atoms with van der Waals surface area (Å²) in [6.45, 7) is 0.675. The van der Waals surface area contributed by atoms with Gasteiger partial charge in [-0.1, -0.05) is 16.8 Å². The largest absolute Gasteiger partial charge is 0.491 e. The van der Waals surface area contributed by atoms with Crippen molar-refractivity contribution >= 4 is 11.6 Å². The monoisotopic (exact) mass is 297 g/mol. The molecule has 0 atom stereocenters. The van der Waals surface area contributed by atoms with Crippen LogP contribution >= 0.6 is 11.6 Å². The van der Waals surface area contributed by atoms with Crippen LogP contribution in [-0.2, 0) is 6.54 Å². The van der Waals surface area contributed by atoms with E-state index < -0.39 is 5.82 Å². The lowest BCUT2D eigenvalue weighted by Gasteiger charge is -2.11. The number of nitrogens with zero attached hydrogens (tertiary/aromatic N) is 2. The molecule has 2 aromatic rings. The molecule has 7 heteroatoms. The van der Waals surface area contributed by atoms with Gasteiger partial charge in [0.25, 0.3) is 0 Å². The first-order chi connectivity index (χ1) is 9.67. The third-order valence-corrected chi connectivity index (χ3v) is 3.33. The van der Waals surface area contributed by atoms with E-state index >= 15 is 0 Å². The van der Waals surface area contributed by atoms with Gasteiger partial charge in [-0.25, -0.2) is 4.39 Å². The van der Waals surface area contributed by atoms with Gasteiger partial charge in [0.05, 0.1) is 23.7 Å². The first kappa shape index (κ1) is 13.3. The highest BCUT2D eigenvalue weighted by Crippen LogP contribution is 2.38. The van der Waals surface area contributed by atoms with E-state index in [0.29, 0.717) is 23.8 Å². The summed E-state index contributed by atoms with van der Waals surface area (Å²) >= 11 is 6.05. The molecule has 5 nitrogen and oxygen atoms in total. The lowest BCUT2D eigenvalue weighted by Crippen LogP contribution is -2.02. The summed E-state index contributed by atoms with van der Waals surface area (Å²) < 4.78 is 24.2. The molecule has 0 amide bonds. The number of rotatable bonds is 5. The number of hydrogen-bond donors (Lipinski definition) is 1. The standard InChI is InChI=1S/C13H13ClFN3O2/c14-10-4-8(15)3-9(12(10)19-6-7-1-2-7)13-17-11(5-16)20-18-13/h3-4,7H,1-2,5-6,16H2. The zero-order chi connectivity index (χ0) is 14.1. The number of ether oxygens (including phenoxy) is 1. The molecule has 0 unspecified atom stereocenters. The van der Waals surface area contributed by atoms with Crippen molar-refractivity contribution in [2.24, 2.45) is 11.7 Å². The molecule has 0 spiro atoms. The third-order valence-electron chi connectivity index (χ3n) is 3.05. The molecule has 0 aliphatic heterocycles. The second-order valence-electron chi connectivity index (χ2n) is 4.73. The van der Waals surface area contributed by atoms with Gasteiger partial charge in [-0.05, 0) is 30.9 Å². The van der Waals surface area contributed by atoms with Gasteiger partial charge in [0.1, 0.15) is 11.6 Å². The van der Waals surface area contributed by atoms with Crippen molar-refractivity contribution in [1.29, 1.82) is 0 Å². The summed E-state index contributed by atoms with van der Waals surface area (Å²) in [4.78, 5) is 4.08. The minimum Gasteiger partial charge on any atom is -0.491 e. The smallest absolute Gasteiger partial charge is 0.240 e. The summed E-state index contributed by atoms with van der Waals surface area (Å²) in [5.41, 5.74) is 5.79. The number of hydrogen-bond acceptors (Lipinski definition) is 5. The molecule has 1 heterocycles. The summed E-state index contributed by atoms with van der Waals surface area (Å²) in [5, 5.41) is 3.97. The van der Waals surface area contributed by atoms with Crippen molar-refractivity contribution < 1.29 is 13.7 Å². The lowest BCUT2D eigenvalue weighted by molar-refractivity contribution is 0.300.